The second-order valence-electron chi connectivity index (χ2n) is 16.9. The SMILES string of the molecule is CC(=O)O[C@@]12CO[C@@H]1C[C@H](O)[C@@]1(C)C(=O)[C@H](O)C3=C(C)[C@@H](OC(=O)[C@H](O)[C@@H](NS(=O)(=O)c4ccccc4)c4ccccc4)C[C@@](O)([C@@H](OC(=O)c4ccccc4)[C@H]21)C3(C)C. The Kier molecular flexibility index (Phi) is 11.2. The van der Waals surface area contributed by atoms with Crippen LogP contribution in [0.15, 0.2) is 107 Å². The third kappa shape index (κ3) is 6.87. The first-order chi connectivity index (χ1) is 28.2. The molecule has 0 unspecified atom stereocenters. The Bertz CT molecular complexity index is 2300. The van der Waals surface area contributed by atoms with Crippen molar-refractivity contribution in [2.24, 2.45) is 16.7 Å². The molecule has 4 aliphatic rings. The van der Waals surface area contributed by atoms with Gasteiger partial charge < -0.3 is 39.4 Å². The molecular formula is C44H49NO14S. The number of sulfonamides is 1. The monoisotopic (exact) mass is 847 g/mol. The van der Waals surface area contributed by atoms with Crippen LogP contribution >= 0.6 is 0 Å². The van der Waals surface area contributed by atoms with Gasteiger partial charge in [-0.25, -0.2) is 22.7 Å². The van der Waals surface area contributed by atoms with E-state index in [0.29, 0.717) is 0 Å². The van der Waals surface area contributed by atoms with Crippen molar-refractivity contribution in [1.82, 2.24) is 4.72 Å². The summed E-state index contributed by atoms with van der Waals surface area (Å²) in [7, 11) is -4.32. The molecule has 0 spiro atoms. The van der Waals surface area contributed by atoms with Crippen molar-refractivity contribution in [2.45, 2.75) is 106 Å². The van der Waals surface area contributed by atoms with Crippen LogP contribution in [0.2, 0.25) is 0 Å². The quantitative estimate of drug-likeness (QED) is 0.112. The Morgan fingerprint density at radius 1 is 0.900 bits per heavy atom. The topological polar surface area (TPSA) is 232 Å². The second-order valence-corrected chi connectivity index (χ2v) is 18.6. The van der Waals surface area contributed by atoms with Crippen molar-refractivity contribution in [2.75, 3.05) is 6.61 Å². The summed E-state index contributed by atoms with van der Waals surface area (Å²) in [5.74, 6) is -5.54. The third-order valence-corrected chi connectivity index (χ3v) is 14.7. The van der Waals surface area contributed by atoms with Crippen molar-refractivity contribution in [1.29, 1.82) is 0 Å². The van der Waals surface area contributed by atoms with Crippen LogP contribution in [-0.2, 0) is 43.4 Å². The Morgan fingerprint density at radius 3 is 2.05 bits per heavy atom. The number of aliphatic hydroxyl groups is 4. The molecule has 2 saturated carbocycles. The highest BCUT2D eigenvalue weighted by Crippen LogP contribution is 2.64. The van der Waals surface area contributed by atoms with Gasteiger partial charge in [-0.1, -0.05) is 80.6 Å². The van der Waals surface area contributed by atoms with Crippen LogP contribution in [0.4, 0.5) is 0 Å². The van der Waals surface area contributed by atoms with E-state index in [0.717, 1.165) is 6.92 Å². The summed E-state index contributed by atoms with van der Waals surface area (Å²) in [4.78, 5) is 56.0. The number of ether oxygens (including phenoxy) is 4. The lowest BCUT2D eigenvalue weighted by atomic mass is 9.44. The number of hydrogen-bond acceptors (Lipinski definition) is 14. The molecule has 3 fully saturated rings. The van der Waals surface area contributed by atoms with E-state index in [4.69, 9.17) is 18.9 Å². The highest BCUT2D eigenvalue weighted by Gasteiger charge is 2.78. The standard InChI is InChI=1S/C44H49NO14S/c1-24-29(57-40(52)35(49)33(26-15-9-6-10-16-26)45-60(54,55)28-19-13-8-14-20-28)22-44(53)38(58-39(51)27-17-11-7-12-18-27)36-42(5,37(50)34(48)32(24)41(44,3)4)30(47)21-31-43(36,23-56-31)59-25(2)46/h6-20,29-31,33-36,38,45,47-49,53H,21-23H2,1-5H3/t29-,30-,31+,33-,34+,35+,36-,38-,42+,43-,44+/m0/s1. The van der Waals surface area contributed by atoms with Crippen molar-refractivity contribution in [3.05, 3.63) is 113 Å². The fraction of sp³-hybridized carbons (Fsp3) is 0.455. The van der Waals surface area contributed by atoms with Crippen LogP contribution in [-0.4, -0.2) is 107 Å². The van der Waals surface area contributed by atoms with Gasteiger partial charge in [0.1, 0.15) is 30.0 Å². The summed E-state index contributed by atoms with van der Waals surface area (Å²) in [6.07, 6.45) is -10.9. The molecule has 3 aromatic carbocycles. The zero-order chi connectivity index (χ0) is 43.6. The Balaban J connectivity index is 1.35. The van der Waals surface area contributed by atoms with Crippen molar-refractivity contribution >= 4 is 33.7 Å². The van der Waals surface area contributed by atoms with E-state index in [1.165, 1.54) is 76.2 Å². The summed E-state index contributed by atoms with van der Waals surface area (Å²) in [5.41, 5.74) is -7.56. The number of carbonyl (C=O) groups excluding carboxylic acids is 4. The van der Waals surface area contributed by atoms with E-state index in [1.807, 2.05) is 0 Å². The molecule has 0 radical (unpaired) electrons. The molecule has 16 heteroatoms. The first-order valence-electron chi connectivity index (χ1n) is 19.6. The molecule has 15 nitrogen and oxygen atoms in total. The lowest BCUT2D eigenvalue weighted by Gasteiger charge is -2.67. The van der Waals surface area contributed by atoms with Gasteiger partial charge in [0, 0.05) is 25.2 Å². The highest BCUT2D eigenvalue weighted by atomic mass is 32.2. The molecule has 60 heavy (non-hydrogen) atoms. The molecule has 11 atom stereocenters. The number of ketones is 1. The number of nitrogens with one attached hydrogen (secondary N) is 1. The van der Waals surface area contributed by atoms with E-state index in [-0.39, 0.29) is 40.2 Å². The van der Waals surface area contributed by atoms with E-state index in [1.54, 1.807) is 42.5 Å². The zero-order valence-electron chi connectivity index (χ0n) is 33.7. The number of carbonyl (C=O) groups is 4. The molecule has 1 saturated heterocycles. The van der Waals surface area contributed by atoms with Crippen LogP contribution in [0.25, 0.3) is 0 Å². The molecule has 0 aromatic heterocycles. The normalized spacial score (nSPS) is 33.0. The van der Waals surface area contributed by atoms with Gasteiger partial charge in [-0.3, -0.25) is 9.59 Å². The molecule has 5 N–H and O–H groups in total. The average molecular weight is 848 g/mol. The maximum Gasteiger partial charge on any atom is 0.338 e. The lowest BCUT2D eigenvalue weighted by molar-refractivity contribution is -0.346. The number of esters is 3. The number of benzene rings is 3. The predicted molar refractivity (Wildman–Crippen MR) is 211 cm³/mol. The van der Waals surface area contributed by atoms with Crippen LogP contribution in [0.5, 0.6) is 0 Å². The summed E-state index contributed by atoms with van der Waals surface area (Å²) < 4.78 is 53.6. The summed E-state index contributed by atoms with van der Waals surface area (Å²) >= 11 is 0. The van der Waals surface area contributed by atoms with Crippen molar-refractivity contribution in [3.8, 4) is 0 Å². The zero-order valence-corrected chi connectivity index (χ0v) is 34.5. The van der Waals surface area contributed by atoms with Crippen LogP contribution in [0, 0.1) is 16.7 Å². The number of hydrogen-bond donors (Lipinski definition) is 5. The first kappa shape index (κ1) is 43.3. The number of Topliss-reactive ketones (excluding diaryl/α,β-unsaturated/α-hetero) is 1. The fourth-order valence-electron chi connectivity index (χ4n) is 9.93. The van der Waals surface area contributed by atoms with Gasteiger partial charge in [-0.2, -0.15) is 0 Å². The molecule has 3 aromatic rings. The summed E-state index contributed by atoms with van der Waals surface area (Å²) in [6, 6.07) is 21.4. The first-order valence-corrected chi connectivity index (χ1v) is 21.1. The van der Waals surface area contributed by atoms with Crippen molar-refractivity contribution < 1.29 is 67.0 Å². The van der Waals surface area contributed by atoms with Crippen LogP contribution in [0.3, 0.4) is 0 Å². The average Bonchev–Trinajstić information content (AvgIpc) is 3.21. The van der Waals surface area contributed by atoms with E-state index < -0.39 is 111 Å². The number of rotatable bonds is 10. The van der Waals surface area contributed by atoms with Gasteiger partial charge in [-0.15, -0.1) is 0 Å². The smallest absolute Gasteiger partial charge is 0.338 e. The molecular weight excluding hydrogens is 799 g/mol. The third-order valence-electron chi connectivity index (χ3n) is 13.2. The highest BCUT2D eigenvalue weighted by molar-refractivity contribution is 7.89. The van der Waals surface area contributed by atoms with E-state index in [9.17, 15) is 48.0 Å². The van der Waals surface area contributed by atoms with Gasteiger partial charge in [0.25, 0.3) is 0 Å². The van der Waals surface area contributed by atoms with E-state index in [2.05, 4.69) is 4.72 Å². The molecule has 7 rings (SSSR count). The predicted octanol–water partition coefficient (Wildman–Crippen LogP) is 2.71. The second kappa shape index (κ2) is 15.6. The number of fused-ring (bicyclic) bond motifs is 5. The Morgan fingerprint density at radius 2 is 1.48 bits per heavy atom. The van der Waals surface area contributed by atoms with Gasteiger partial charge >= 0.3 is 17.9 Å². The maximum atomic E-state index is 15.0. The lowest BCUT2D eigenvalue weighted by Crippen LogP contribution is -2.81. The van der Waals surface area contributed by atoms with Crippen LogP contribution < -0.4 is 4.72 Å². The Labute approximate surface area is 347 Å². The molecule has 0 amide bonds. The van der Waals surface area contributed by atoms with Gasteiger partial charge in [0.15, 0.2) is 17.5 Å². The maximum absolute atomic E-state index is 15.0. The minimum Gasteiger partial charge on any atom is -0.456 e. The minimum atomic E-state index is -4.32. The Hall–Kier alpha value is -4.81. The summed E-state index contributed by atoms with van der Waals surface area (Å²) in [6.45, 7) is 6.73. The molecule has 3 aliphatic carbocycles. The summed E-state index contributed by atoms with van der Waals surface area (Å²) in [5, 5.41) is 49.2. The van der Waals surface area contributed by atoms with Crippen molar-refractivity contribution in [3.63, 3.8) is 0 Å². The van der Waals surface area contributed by atoms with E-state index >= 15 is 0 Å². The molecule has 320 valence electrons. The fourth-order valence-corrected chi connectivity index (χ4v) is 11.2. The van der Waals surface area contributed by atoms with Gasteiger partial charge in [0.2, 0.25) is 10.0 Å². The van der Waals surface area contributed by atoms with Gasteiger partial charge in [-0.05, 0) is 54.8 Å². The molecule has 1 aliphatic heterocycles. The molecule has 1 heterocycles. The van der Waals surface area contributed by atoms with Crippen LogP contribution in [0.1, 0.15) is 69.4 Å². The minimum absolute atomic E-state index is 0.0621. The van der Waals surface area contributed by atoms with Gasteiger partial charge in [0.05, 0.1) is 40.5 Å². The molecule has 2 bridgehead atoms. The largest absolute Gasteiger partial charge is 0.456 e. The number of aliphatic hydroxyl groups excluding tert-OH is 3.